The van der Waals surface area contributed by atoms with Crippen LogP contribution in [0.4, 0.5) is 5.82 Å². The number of benzene rings is 1. The van der Waals surface area contributed by atoms with Crippen LogP contribution in [0.25, 0.3) is 10.9 Å². The van der Waals surface area contributed by atoms with Crippen molar-refractivity contribution in [3.05, 3.63) is 42.7 Å². The van der Waals surface area contributed by atoms with E-state index in [4.69, 9.17) is 5.73 Å². The Bertz CT molecular complexity index is 629. The number of hydrogen-bond donors (Lipinski definition) is 2. The Labute approximate surface area is 102 Å². The van der Waals surface area contributed by atoms with Gasteiger partial charge in [0.15, 0.2) is 0 Å². The van der Waals surface area contributed by atoms with Crippen LogP contribution in [0.1, 0.15) is 0 Å². The van der Waals surface area contributed by atoms with Crippen LogP contribution in [0, 0.1) is 0 Å². The summed E-state index contributed by atoms with van der Waals surface area (Å²) in [5, 5.41) is 3.07. The number of fused-ring (bicyclic) bond motifs is 1. The molecule has 0 spiro atoms. The maximum Gasteiger partial charge on any atom is 0.127 e. The van der Waals surface area contributed by atoms with Crippen molar-refractivity contribution >= 4 is 28.5 Å². The second kappa shape index (κ2) is 4.10. The highest BCUT2D eigenvalue weighted by molar-refractivity contribution is 7.99. The van der Waals surface area contributed by atoms with Gasteiger partial charge in [-0.1, -0.05) is 30.0 Å². The van der Waals surface area contributed by atoms with E-state index in [2.05, 4.69) is 27.1 Å². The largest absolute Gasteiger partial charge is 0.384 e. The first-order chi connectivity index (χ1) is 8.31. The van der Waals surface area contributed by atoms with Crippen molar-refractivity contribution in [3.8, 4) is 0 Å². The summed E-state index contributed by atoms with van der Waals surface area (Å²) < 4.78 is 0. The van der Waals surface area contributed by atoms with Gasteiger partial charge in [0.1, 0.15) is 17.2 Å². The first-order valence-electron chi connectivity index (χ1n) is 5.14. The highest BCUT2D eigenvalue weighted by atomic mass is 32.2. The van der Waals surface area contributed by atoms with Crippen molar-refractivity contribution in [1.29, 1.82) is 0 Å². The minimum Gasteiger partial charge on any atom is -0.384 e. The molecule has 3 rings (SSSR count). The second-order valence-electron chi connectivity index (χ2n) is 3.60. The number of H-pyrrole nitrogens is 1. The molecule has 0 bridgehead atoms. The number of nitrogen functional groups attached to an aromatic ring is 1. The van der Waals surface area contributed by atoms with Gasteiger partial charge >= 0.3 is 0 Å². The van der Waals surface area contributed by atoms with Crippen molar-refractivity contribution in [2.24, 2.45) is 0 Å². The van der Waals surface area contributed by atoms with E-state index in [0.29, 0.717) is 5.82 Å². The summed E-state index contributed by atoms with van der Waals surface area (Å²) in [6.45, 7) is 0. The first-order valence-corrected chi connectivity index (χ1v) is 5.96. The summed E-state index contributed by atoms with van der Waals surface area (Å²) in [5.74, 6) is 0.485. The highest BCUT2D eigenvalue weighted by Crippen LogP contribution is 2.28. The van der Waals surface area contributed by atoms with E-state index in [1.54, 1.807) is 17.8 Å². The molecule has 0 aliphatic heterocycles. The van der Waals surface area contributed by atoms with Gasteiger partial charge in [-0.05, 0) is 12.1 Å². The Hall–Kier alpha value is -2.01. The molecule has 1 aromatic carbocycles. The maximum atomic E-state index is 5.61. The van der Waals surface area contributed by atoms with Crippen LogP contribution < -0.4 is 5.73 Å². The summed E-state index contributed by atoms with van der Waals surface area (Å²) >= 11 is 1.54. The number of para-hydroxylation sites is 1. The smallest absolute Gasteiger partial charge is 0.127 e. The van der Waals surface area contributed by atoms with Crippen molar-refractivity contribution in [3.63, 3.8) is 0 Å². The molecule has 2 aromatic heterocycles. The van der Waals surface area contributed by atoms with Gasteiger partial charge in [0, 0.05) is 17.0 Å². The molecule has 0 fully saturated rings. The van der Waals surface area contributed by atoms with E-state index in [1.165, 1.54) is 11.7 Å². The van der Waals surface area contributed by atoms with Gasteiger partial charge in [0.05, 0.1) is 5.03 Å². The fraction of sp³-hybridized carbons (Fsp3) is 0. The number of anilines is 1. The number of hydrogen-bond acceptors (Lipinski definition) is 4. The molecular formula is C12H10N4S. The van der Waals surface area contributed by atoms with Crippen LogP contribution in [0.5, 0.6) is 0 Å². The number of nitrogens with one attached hydrogen (secondary N) is 1. The fourth-order valence-electron chi connectivity index (χ4n) is 1.62. The predicted molar refractivity (Wildman–Crippen MR) is 68.9 cm³/mol. The van der Waals surface area contributed by atoms with E-state index in [9.17, 15) is 0 Å². The summed E-state index contributed by atoms with van der Waals surface area (Å²) in [7, 11) is 0. The Morgan fingerprint density at radius 1 is 1.12 bits per heavy atom. The Kier molecular flexibility index (Phi) is 2.45. The molecule has 0 unspecified atom stereocenters. The lowest BCUT2D eigenvalue weighted by molar-refractivity contribution is 1.05. The predicted octanol–water partition coefficient (Wildman–Crippen LogP) is 2.69. The van der Waals surface area contributed by atoms with Gasteiger partial charge in [-0.3, -0.25) is 0 Å². The Balaban J connectivity index is 1.94. The zero-order valence-corrected chi connectivity index (χ0v) is 9.74. The fourth-order valence-corrected chi connectivity index (χ4v) is 2.48. The molecule has 0 atom stereocenters. The minimum atomic E-state index is 0.485. The van der Waals surface area contributed by atoms with E-state index in [-0.39, 0.29) is 0 Å². The van der Waals surface area contributed by atoms with Gasteiger partial charge in [-0.2, -0.15) is 0 Å². The molecule has 0 saturated carbocycles. The lowest BCUT2D eigenvalue weighted by Crippen LogP contribution is -1.91. The average molecular weight is 242 g/mol. The van der Waals surface area contributed by atoms with Crippen LogP contribution in [0.15, 0.2) is 52.8 Å². The van der Waals surface area contributed by atoms with Crippen LogP contribution in [-0.4, -0.2) is 15.0 Å². The molecule has 0 aliphatic rings. The summed E-state index contributed by atoms with van der Waals surface area (Å²) in [6.07, 6.45) is 1.47. The Morgan fingerprint density at radius 2 is 2.00 bits per heavy atom. The molecule has 17 heavy (non-hydrogen) atoms. The first kappa shape index (κ1) is 10.2. The van der Waals surface area contributed by atoms with E-state index >= 15 is 0 Å². The summed E-state index contributed by atoms with van der Waals surface area (Å²) in [4.78, 5) is 11.3. The number of nitrogens with two attached hydrogens (primary N) is 1. The monoisotopic (exact) mass is 242 g/mol. The molecule has 4 nitrogen and oxygen atoms in total. The molecule has 0 aliphatic carbocycles. The Morgan fingerprint density at radius 3 is 2.82 bits per heavy atom. The van der Waals surface area contributed by atoms with Gasteiger partial charge in [0.2, 0.25) is 0 Å². The average Bonchev–Trinajstić information content (AvgIpc) is 2.71. The molecular weight excluding hydrogens is 232 g/mol. The third-order valence-electron chi connectivity index (χ3n) is 2.38. The third kappa shape index (κ3) is 2.09. The zero-order chi connectivity index (χ0) is 11.7. The van der Waals surface area contributed by atoms with Crippen LogP contribution >= 0.6 is 11.8 Å². The van der Waals surface area contributed by atoms with Crippen LogP contribution in [0.3, 0.4) is 0 Å². The van der Waals surface area contributed by atoms with Crippen molar-refractivity contribution in [2.75, 3.05) is 5.73 Å². The summed E-state index contributed by atoms with van der Waals surface area (Å²) in [5.41, 5.74) is 6.73. The number of aromatic amines is 1. The lowest BCUT2D eigenvalue weighted by Gasteiger charge is -1.97. The van der Waals surface area contributed by atoms with E-state index in [0.717, 1.165) is 15.6 Å². The minimum absolute atomic E-state index is 0.485. The zero-order valence-electron chi connectivity index (χ0n) is 8.92. The van der Waals surface area contributed by atoms with E-state index < -0.39 is 0 Å². The third-order valence-corrected chi connectivity index (χ3v) is 3.26. The SMILES string of the molecule is Nc1cc(Sc2cc3ccccc3[nH]2)ncn1. The van der Waals surface area contributed by atoms with Crippen molar-refractivity contribution in [1.82, 2.24) is 15.0 Å². The topological polar surface area (TPSA) is 67.6 Å². The highest BCUT2D eigenvalue weighted by Gasteiger charge is 2.03. The molecule has 84 valence electrons. The summed E-state index contributed by atoms with van der Waals surface area (Å²) in [6, 6.07) is 12.0. The maximum absolute atomic E-state index is 5.61. The number of nitrogens with zero attached hydrogens (tertiary/aromatic N) is 2. The standard InChI is InChI=1S/C12H10N4S/c13-10-6-11(15-7-14-10)17-12-5-8-3-1-2-4-9(8)16-12/h1-7,16H,(H2,13,14,15). The quantitative estimate of drug-likeness (QED) is 0.678. The van der Waals surface area contributed by atoms with E-state index in [1.807, 2.05) is 18.2 Å². The van der Waals surface area contributed by atoms with Gasteiger partial charge in [-0.25, -0.2) is 9.97 Å². The van der Waals surface area contributed by atoms with Crippen molar-refractivity contribution < 1.29 is 0 Å². The molecule has 0 amide bonds. The lowest BCUT2D eigenvalue weighted by atomic mass is 10.3. The number of aromatic nitrogens is 3. The van der Waals surface area contributed by atoms with Gasteiger partial charge in [0.25, 0.3) is 0 Å². The van der Waals surface area contributed by atoms with Gasteiger partial charge in [-0.15, -0.1) is 0 Å². The van der Waals surface area contributed by atoms with Gasteiger partial charge < -0.3 is 10.7 Å². The van der Waals surface area contributed by atoms with Crippen LogP contribution in [-0.2, 0) is 0 Å². The molecule has 5 heteroatoms. The molecule has 3 aromatic rings. The second-order valence-corrected chi connectivity index (χ2v) is 4.67. The van der Waals surface area contributed by atoms with Crippen molar-refractivity contribution in [2.45, 2.75) is 10.1 Å². The molecule has 2 heterocycles. The molecule has 0 radical (unpaired) electrons. The normalized spacial score (nSPS) is 10.8. The number of rotatable bonds is 2. The molecule has 0 saturated heterocycles. The van der Waals surface area contributed by atoms with Crippen LogP contribution in [0.2, 0.25) is 0 Å². The molecule has 3 N–H and O–H groups in total.